The van der Waals surface area contributed by atoms with E-state index in [4.69, 9.17) is 22.1 Å². The molecule has 5 heteroatoms. The summed E-state index contributed by atoms with van der Waals surface area (Å²) in [7, 11) is 1.64. The zero-order valence-corrected chi connectivity index (χ0v) is 12.3. The van der Waals surface area contributed by atoms with E-state index in [-0.39, 0.29) is 6.04 Å². The second kappa shape index (κ2) is 5.40. The molecule has 2 nitrogen and oxygen atoms in total. The fraction of sp³-hybridized carbons (Fsp3) is 0.167. The minimum absolute atomic E-state index is 0.173. The number of hydrogen-bond donors (Lipinski definition) is 1. The lowest BCUT2D eigenvalue weighted by Crippen LogP contribution is -2.10. The van der Waals surface area contributed by atoms with E-state index < -0.39 is 0 Å². The molecular weight excluding hydrogens is 322 g/mol. The predicted octanol–water partition coefficient (Wildman–Crippen LogP) is 4.22. The van der Waals surface area contributed by atoms with Crippen molar-refractivity contribution in [1.82, 2.24) is 0 Å². The van der Waals surface area contributed by atoms with Gasteiger partial charge in [0.1, 0.15) is 5.75 Å². The van der Waals surface area contributed by atoms with Gasteiger partial charge >= 0.3 is 0 Å². The maximum atomic E-state index is 6.20. The highest BCUT2D eigenvalue weighted by atomic mass is 79.9. The third-order valence-corrected chi connectivity index (χ3v) is 4.44. The number of hydrogen-bond acceptors (Lipinski definition) is 3. The fourth-order valence-corrected chi connectivity index (χ4v) is 3.22. The molecule has 1 aromatic carbocycles. The molecule has 2 aromatic rings. The maximum absolute atomic E-state index is 6.20. The number of halogens is 2. The summed E-state index contributed by atoms with van der Waals surface area (Å²) in [5, 5.41) is 0. The van der Waals surface area contributed by atoms with Crippen LogP contribution in [-0.2, 0) is 0 Å². The van der Waals surface area contributed by atoms with E-state index in [1.54, 1.807) is 7.11 Å². The van der Waals surface area contributed by atoms with Gasteiger partial charge in [-0.1, -0.05) is 33.6 Å². The van der Waals surface area contributed by atoms with E-state index in [1.165, 1.54) is 11.3 Å². The van der Waals surface area contributed by atoms with Crippen LogP contribution in [0.5, 0.6) is 5.75 Å². The van der Waals surface area contributed by atoms with Crippen LogP contribution in [0.4, 0.5) is 0 Å². The number of ether oxygens (including phenoxy) is 1. The highest BCUT2D eigenvalue weighted by molar-refractivity contribution is 9.10. The molecule has 1 atom stereocenters. The molecule has 0 bridgehead atoms. The first-order valence-corrected chi connectivity index (χ1v) is 6.95. The second-order valence-corrected chi connectivity index (χ2v) is 6.11. The first-order valence-electron chi connectivity index (χ1n) is 4.96. The van der Waals surface area contributed by atoms with Crippen LogP contribution >= 0.6 is 38.9 Å². The summed E-state index contributed by atoms with van der Waals surface area (Å²) in [6.07, 6.45) is 0. The average molecular weight is 333 g/mol. The fourth-order valence-electron chi connectivity index (χ4n) is 1.54. The standard InChI is InChI=1S/C12H11BrClNOS/c1-16-7-2-3-8(9(13)6-7)12(15)10-4-5-11(14)17-10/h2-6,12H,15H2,1H3. The molecule has 17 heavy (non-hydrogen) atoms. The summed E-state index contributed by atoms with van der Waals surface area (Å²) < 4.78 is 6.84. The van der Waals surface area contributed by atoms with Gasteiger partial charge in [0.05, 0.1) is 17.5 Å². The lowest BCUT2D eigenvalue weighted by atomic mass is 10.1. The minimum atomic E-state index is -0.173. The Morgan fingerprint density at radius 1 is 1.35 bits per heavy atom. The highest BCUT2D eigenvalue weighted by Crippen LogP contribution is 2.34. The highest BCUT2D eigenvalue weighted by Gasteiger charge is 2.14. The lowest BCUT2D eigenvalue weighted by molar-refractivity contribution is 0.414. The average Bonchev–Trinajstić information content (AvgIpc) is 2.75. The van der Waals surface area contributed by atoms with Crippen molar-refractivity contribution in [2.45, 2.75) is 6.04 Å². The summed E-state index contributed by atoms with van der Waals surface area (Å²) in [6, 6.07) is 9.40. The maximum Gasteiger partial charge on any atom is 0.120 e. The molecule has 0 aliphatic heterocycles. The Labute approximate surface area is 117 Å². The first-order chi connectivity index (χ1) is 8.11. The van der Waals surface area contributed by atoms with Gasteiger partial charge in [-0.25, -0.2) is 0 Å². The quantitative estimate of drug-likeness (QED) is 0.913. The van der Waals surface area contributed by atoms with Crippen molar-refractivity contribution in [3.63, 3.8) is 0 Å². The van der Waals surface area contributed by atoms with Crippen LogP contribution in [0.3, 0.4) is 0 Å². The van der Waals surface area contributed by atoms with Crippen molar-refractivity contribution < 1.29 is 4.74 Å². The normalized spacial score (nSPS) is 12.5. The molecule has 2 rings (SSSR count). The Hall–Kier alpha value is -0.550. The molecule has 0 saturated carbocycles. The van der Waals surface area contributed by atoms with Crippen molar-refractivity contribution in [1.29, 1.82) is 0 Å². The van der Waals surface area contributed by atoms with Crippen LogP contribution in [-0.4, -0.2) is 7.11 Å². The van der Waals surface area contributed by atoms with Crippen LogP contribution in [0.25, 0.3) is 0 Å². The molecule has 1 unspecified atom stereocenters. The Balaban J connectivity index is 2.34. The van der Waals surface area contributed by atoms with E-state index in [0.29, 0.717) is 0 Å². The van der Waals surface area contributed by atoms with E-state index >= 15 is 0 Å². The molecule has 1 heterocycles. The Bertz CT molecular complexity index is 529. The zero-order valence-electron chi connectivity index (χ0n) is 9.11. The van der Waals surface area contributed by atoms with Crippen LogP contribution in [0.1, 0.15) is 16.5 Å². The summed E-state index contributed by atoms with van der Waals surface area (Å²) in [5.74, 6) is 0.803. The van der Waals surface area contributed by atoms with E-state index in [0.717, 1.165) is 25.0 Å². The summed E-state index contributed by atoms with van der Waals surface area (Å²) in [5.41, 5.74) is 7.22. The first kappa shape index (κ1) is 12.9. The van der Waals surface area contributed by atoms with Crippen molar-refractivity contribution in [2.24, 2.45) is 5.73 Å². The van der Waals surface area contributed by atoms with Crippen molar-refractivity contribution in [3.8, 4) is 5.75 Å². The van der Waals surface area contributed by atoms with Crippen LogP contribution < -0.4 is 10.5 Å². The molecule has 0 aliphatic carbocycles. The van der Waals surface area contributed by atoms with E-state index in [1.807, 2.05) is 30.3 Å². The molecule has 2 N–H and O–H groups in total. The van der Waals surface area contributed by atoms with Crippen LogP contribution in [0.2, 0.25) is 4.34 Å². The van der Waals surface area contributed by atoms with Crippen molar-refractivity contribution >= 4 is 38.9 Å². The molecule has 0 radical (unpaired) electrons. The molecule has 0 fully saturated rings. The SMILES string of the molecule is COc1ccc(C(N)c2ccc(Cl)s2)c(Br)c1. The molecule has 0 saturated heterocycles. The zero-order chi connectivity index (χ0) is 12.4. The molecule has 0 amide bonds. The predicted molar refractivity (Wildman–Crippen MR) is 76.1 cm³/mol. The van der Waals surface area contributed by atoms with Gasteiger partial charge in [-0.05, 0) is 29.8 Å². The molecule has 0 aliphatic rings. The molecule has 90 valence electrons. The summed E-state index contributed by atoms with van der Waals surface area (Å²) >= 11 is 10.9. The molecule has 1 aromatic heterocycles. The monoisotopic (exact) mass is 331 g/mol. The Morgan fingerprint density at radius 2 is 2.12 bits per heavy atom. The molecule has 0 spiro atoms. The summed E-state index contributed by atoms with van der Waals surface area (Å²) in [6.45, 7) is 0. The smallest absolute Gasteiger partial charge is 0.120 e. The van der Waals surface area contributed by atoms with Gasteiger partial charge in [-0.3, -0.25) is 0 Å². The van der Waals surface area contributed by atoms with Crippen molar-refractivity contribution in [2.75, 3.05) is 7.11 Å². The van der Waals surface area contributed by atoms with Gasteiger partial charge in [0.25, 0.3) is 0 Å². The number of benzene rings is 1. The van der Waals surface area contributed by atoms with Gasteiger partial charge in [0, 0.05) is 9.35 Å². The van der Waals surface area contributed by atoms with Gasteiger partial charge in [-0.15, -0.1) is 11.3 Å². The van der Waals surface area contributed by atoms with E-state index in [2.05, 4.69) is 15.9 Å². The summed E-state index contributed by atoms with van der Waals surface area (Å²) in [4.78, 5) is 1.04. The van der Waals surface area contributed by atoms with Gasteiger partial charge < -0.3 is 10.5 Å². The number of nitrogens with two attached hydrogens (primary N) is 1. The van der Waals surface area contributed by atoms with Gasteiger partial charge in [0.15, 0.2) is 0 Å². The van der Waals surface area contributed by atoms with Gasteiger partial charge in [-0.2, -0.15) is 0 Å². The van der Waals surface area contributed by atoms with Gasteiger partial charge in [0.2, 0.25) is 0 Å². The number of methoxy groups -OCH3 is 1. The Kier molecular flexibility index (Phi) is 4.09. The largest absolute Gasteiger partial charge is 0.497 e. The third-order valence-electron chi connectivity index (χ3n) is 2.44. The second-order valence-electron chi connectivity index (χ2n) is 3.51. The lowest BCUT2D eigenvalue weighted by Gasteiger charge is -2.13. The number of thiophene rings is 1. The van der Waals surface area contributed by atoms with E-state index in [9.17, 15) is 0 Å². The van der Waals surface area contributed by atoms with Crippen molar-refractivity contribution in [3.05, 3.63) is 49.6 Å². The minimum Gasteiger partial charge on any atom is -0.497 e. The van der Waals surface area contributed by atoms with Crippen LogP contribution in [0.15, 0.2) is 34.8 Å². The topological polar surface area (TPSA) is 35.2 Å². The molecular formula is C12H11BrClNOS. The Morgan fingerprint density at radius 3 is 2.65 bits per heavy atom. The van der Waals surface area contributed by atoms with Crippen LogP contribution in [0, 0.1) is 0 Å². The number of rotatable bonds is 3. The third kappa shape index (κ3) is 2.83.